The second-order valence-electron chi connectivity index (χ2n) is 5.56. The van der Waals surface area contributed by atoms with Gasteiger partial charge in [0.15, 0.2) is 6.20 Å². The van der Waals surface area contributed by atoms with Gasteiger partial charge in [-0.2, -0.15) is 9.83 Å². The molecular weight excluding hydrogens is 336 g/mol. The Morgan fingerprint density at radius 1 is 1.28 bits per heavy atom. The fourth-order valence-electron chi connectivity index (χ4n) is 2.39. The molecule has 3 aromatic rings. The quantitative estimate of drug-likeness (QED) is 0.419. The van der Waals surface area contributed by atoms with Crippen LogP contribution >= 0.6 is 11.8 Å². The number of nitrogens with zero attached hydrogens (tertiary/aromatic N) is 3. The Balaban J connectivity index is 1.61. The Hall–Kier alpha value is -2.80. The first-order valence-electron chi connectivity index (χ1n) is 7.80. The lowest BCUT2D eigenvalue weighted by Crippen LogP contribution is -2.28. The molecule has 0 spiro atoms. The van der Waals surface area contributed by atoms with Gasteiger partial charge in [-0.3, -0.25) is 4.79 Å². The highest BCUT2D eigenvalue weighted by atomic mass is 32.2. The van der Waals surface area contributed by atoms with Gasteiger partial charge >= 0.3 is 0 Å². The van der Waals surface area contributed by atoms with E-state index in [1.807, 2.05) is 25.1 Å². The minimum absolute atomic E-state index is 0.155. The summed E-state index contributed by atoms with van der Waals surface area (Å²) < 4.78 is 2.49. The molecule has 0 atom stereocenters. The van der Waals surface area contributed by atoms with E-state index in [2.05, 4.69) is 16.5 Å². The molecule has 0 saturated heterocycles. The van der Waals surface area contributed by atoms with Gasteiger partial charge in [0, 0.05) is 18.2 Å². The maximum Gasteiger partial charge on any atom is 0.251 e. The largest absolute Gasteiger partial charge is 0.618 e. The number of aryl methyl sites for hydroxylation is 1. The number of aromatic nitrogens is 3. The Morgan fingerprint density at radius 2 is 2.16 bits per heavy atom. The van der Waals surface area contributed by atoms with Crippen LogP contribution in [0.3, 0.4) is 0 Å². The highest BCUT2D eigenvalue weighted by Gasteiger charge is 2.11. The first-order chi connectivity index (χ1) is 12.1. The normalized spacial score (nSPS) is 10.6. The van der Waals surface area contributed by atoms with Crippen LogP contribution in [0, 0.1) is 12.1 Å². The number of benzene rings is 1. The standard InChI is InChI=1S/C18H18N4O2S/c1-14-5-4-6-15(11-14)12-21-16(8-9-19-21)20-17(23)13-25-18-7-2-3-10-22(18)24/h2-11H,12-13H2,1H3,(H,20,23). The molecule has 1 aromatic carbocycles. The molecule has 0 bridgehead atoms. The van der Waals surface area contributed by atoms with Gasteiger partial charge in [-0.1, -0.05) is 29.8 Å². The van der Waals surface area contributed by atoms with Crippen molar-refractivity contribution in [1.29, 1.82) is 0 Å². The predicted molar refractivity (Wildman–Crippen MR) is 97.3 cm³/mol. The first kappa shape index (κ1) is 17.0. The molecule has 0 fully saturated rings. The van der Waals surface area contributed by atoms with Gasteiger partial charge in [0.05, 0.1) is 18.5 Å². The maximum absolute atomic E-state index is 12.2. The van der Waals surface area contributed by atoms with Crippen molar-refractivity contribution < 1.29 is 9.52 Å². The van der Waals surface area contributed by atoms with Crippen LogP contribution in [0.2, 0.25) is 0 Å². The van der Waals surface area contributed by atoms with E-state index in [-0.39, 0.29) is 11.7 Å². The smallest absolute Gasteiger partial charge is 0.251 e. The van der Waals surface area contributed by atoms with Crippen molar-refractivity contribution in [1.82, 2.24) is 9.78 Å². The van der Waals surface area contributed by atoms with Crippen molar-refractivity contribution in [3.8, 4) is 0 Å². The predicted octanol–water partition coefficient (Wildman–Crippen LogP) is 2.60. The number of hydrogen-bond donors (Lipinski definition) is 1. The van der Waals surface area contributed by atoms with Crippen LogP contribution in [-0.4, -0.2) is 21.4 Å². The molecule has 0 aliphatic heterocycles. The average molecular weight is 354 g/mol. The number of hydrogen-bond acceptors (Lipinski definition) is 4. The van der Waals surface area contributed by atoms with Crippen molar-refractivity contribution >= 4 is 23.5 Å². The Kier molecular flexibility index (Phi) is 5.35. The molecule has 0 aliphatic carbocycles. The SMILES string of the molecule is Cc1cccc(Cn2nccc2NC(=O)CSc2cccc[n+]2[O-])c1. The Morgan fingerprint density at radius 3 is 2.96 bits per heavy atom. The lowest BCUT2D eigenvalue weighted by Gasteiger charge is -2.09. The number of carbonyl (C=O) groups is 1. The zero-order valence-electron chi connectivity index (χ0n) is 13.8. The zero-order valence-corrected chi connectivity index (χ0v) is 14.6. The average Bonchev–Trinajstić information content (AvgIpc) is 3.01. The molecule has 2 heterocycles. The van der Waals surface area contributed by atoms with Crippen LogP contribution in [0.15, 0.2) is 66.0 Å². The number of carbonyl (C=O) groups excluding carboxylic acids is 1. The van der Waals surface area contributed by atoms with Crippen molar-refractivity contribution in [3.05, 3.63) is 77.3 Å². The van der Waals surface area contributed by atoms with E-state index in [1.165, 1.54) is 23.5 Å². The first-order valence-corrected chi connectivity index (χ1v) is 8.78. The van der Waals surface area contributed by atoms with E-state index >= 15 is 0 Å². The molecule has 2 aromatic heterocycles. The minimum atomic E-state index is -0.181. The lowest BCUT2D eigenvalue weighted by atomic mass is 10.1. The van der Waals surface area contributed by atoms with E-state index < -0.39 is 0 Å². The van der Waals surface area contributed by atoms with Gasteiger partial charge in [-0.05, 0) is 30.3 Å². The molecule has 3 rings (SSSR count). The molecule has 7 heteroatoms. The summed E-state index contributed by atoms with van der Waals surface area (Å²) in [6.07, 6.45) is 3.07. The maximum atomic E-state index is 12.2. The summed E-state index contributed by atoms with van der Waals surface area (Å²) in [6.45, 7) is 2.62. The highest BCUT2D eigenvalue weighted by Crippen LogP contribution is 2.15. The molecule has 0 radical (unpaired) electrons. The van der Waals surface area contributed by atoms with E-state index in [0.717, 1.165) is 10.3 Å². The monoisotopic (exact) mass is 354 g/mol. The van der Waals surface area contributed by atoms with Crippen molar-refractivity contribution in [2.45, 2.75) is 18.5 Å². The molecule has 1 amide bonds. The molecule has 25 heavy (non-hydrogen) atoms. The van der Waals surface area contributed by atoms with E-state index in [0.29, 0.717) is 17.4 Å². The number of amides is 1. The van der Waals surface area contributed by atoms with Crippen LogP contribution in [0.25, 0.3) is 0 Å². The third-order valence-electron chi connectivity index (χ3n) is 3.54. The summed E-state index contributed by atoms with van der Waals surface area (Å²) in [5.74, 6) is 0.608. The minimum Gasteiger partial charge on any atom is -0.618 e. The van der Waals surface area contributed by atoms with Crippen LogP contribution in [0.4, 0.5) is 5.82 Å². The molecular formula is C18H18N4O2S. The van der Waals surface area contributed by atoms with E-state index in [4.69, 9.17) is 0 Å². The second-order valence-corrected chi connectivity index (χ2v) is 6.56. The summed E-state index contributed by atoms with van der Waals surface area (Å²) >= 11 is 1.20. The summed E-state index contributed by atoms with van der Waals surface area (Å²) in [5, 5.41) is 19.2. The second kappa shape index (κ2) is 7.85. The number of rotatable bonds is 6. The van der Waals surface area contributed by atoms with Gasteiger partial charge in [0.2, 0.25) is 5.91 Å². The van der Waals surface area contributed by atoms with Crippen LogP contribution < -0.4 is 10.0 Å². The van der Waals surface area contributed by atoms with Crippen LogP contribution in [-0.2, 0) is 11.3 Å². The number of anilines is 1. The van der Waals surface area contributed by atoms with Gasteiger partial charge < -0.3 is 10.5 Å². The third kappa shape index (κ3) is 4.60. The Bertz CT molecular complexity index is 879. The third-order valence-corrected chi connectivity index (χ3v) is 4.56. The lowest BCUT2D eigenvalue weighted by molar-refractivity contribution is -0.645. The van der Waals surface area contributed by atoms with Gasteiger partial charge in [-0.25, -0.2) is 4.68 Å². The van der Waals surface area contributed by atoms with Gasteiger partial charge in [0.1, 0.15) is 5.82 Å². The van der Waals surface area contributed by atoms with Crippen molar-refractivity contribution in [2.24, 2.45) is 0 Å². The van der Waals surface area contributed by atoms with E-state index in [9.17, 15) is 10.0 Å². The van der Waals surface area contributed by atoms with Gasteiger partial charge in [0.25, 0.3) is 5.03 Å². The topological polar surface area (TPSA) is 73.9 Å². The fraction of sp³-hybridized carbons (Fsp3) is 0.167. The Labute approximate surface area is 150 Å². The van der Waals surface area contributed by atoms with Crippen LogP contribution in [0.5, 0.6) is 0 Å². The number of pyridine rings is 1. The number of nitrogens with one attached hydrogen (secondary N) is 1. The summed E-state index contributed by atoms with van der Waals surface area (Å²) in [7, 11) is 0. The summed E-state index contributed by atoms with van der Waals surface area (Å²) in [6, 6.07) is 15.0. The van der Waals surface area contributed by atoms with Crippen LogP contribution in [0.1, 0.15) is 11.1 Å². The molecule has 128 valence electrons. The molecule has 0 saturated carbocycles. The van der Waals surface area contributed by atoms with Crippen molar-refractivity contribution in [3.63, 3.8) is 0 Å². The fourth-order valence-corrected chi connectivity index (χ4v) is 3.11. The van der Waals surface area contributed by atoms with Gasteiger partial charge in [-0.15, -0.1) is 0 Å². The molecule has 1 N–H and O–H groups in total. The summed E-state index contributed by atoms with van der Waals surface area (Å²) in [4.78, 5) is 12.2. The van der Waals surface area contributed by atoms with E-state index in [1.54, 1.807) is 35.1 Å². The molecule has 0 unspecified atom stereocenters. The number of thioether (sulfide) groups is 1. The summed E-state index contributed by atoms with van der Waals surface area (Å²) in [5.41, 5.74) is 2.30. The molecule has 6 nitrogen and oxygen atoms in total. The zero-order chi connectivity index (χ0) is 17.6. The highest BCUT2D eigenvalue weighted by molar-refractivity contribution is 7.99. The molecule has 0 aliphatic rings. The van der Waals surface area contributed by atoms with Crippen molar-refractivity contribution in [2.75, 3.05) is 11.1 Å².